The quantitative estimate of drug-likeness (QED) is 0.410. The molecular formula is C31H39N5O4. The minimum Gasteiger partial charge on any atom is -0.444 e. The van der Waals surface area contributed by atoms with Crippen molar-refractivity contribution in [3.8, 4) is 0 Å². The number of aromatic nitrogens is 1. The van der Waals surface area contributed by atoms with Crippen LogP contribution in [0, 0.1) is 12.8 Å². The average Bonchev–Trinajstić information content (AvgIpc) is 3.31. The monoisotopic (exact) mass is 545 g/mol. The molecule has 0 aliphatic carbocycles. The smallest absolute Gasteiger partial charge is 0.410 e. The molecule has 3 amide bonds. The third-order valence-electron chi connectivity index (χ3n) is 7.08. The number of benzene rings is 2. The molecule has 3 aromatic rings. The van der Waals surface area contributed by atoms with Crippen molar-refractivity contribution in [1.29, 1.82) is 0 Å². The molecule has 4 N–H and O–H groups in total. The van der Waals surface area contributed by atoms with Gasteiger partial charge >= 0.3 is 6.09 Å². The summed E-state index contributed by atoms with van der Waals surface area (Å²) in [5.41, 5.74) is 7.72. The van der Waals surface area contributed by atoms with E-state index < -0.39 is 23.8 Å². The van der Waals surface area contributed by atoms with Crippen LogP contribution >= 0.6 is 0 Å². The summed E-state index contributed by atoms with van der Waals surface area (Å²) in [5, 5.41) is 7.96. The number of fused-ring (bicyclic) bond motifs is 1. The highest BCUT2D eigenvalue weighted by Crippen LogP contribution is 2.29. The summed E-state index contributed by atoms with van der Waals surface area (Å²) in [7, 11) is 0. The summed E-state index contributed by atoms with van der Waals surface area (Å²) in [4.78, 5) is 45.0. The first kappa shape index (κ1) is 28.9. The molecule has 0 saturated carbocycles. The zero-order valence-electron chi connectivity index (χ0n) is 23.9. The number of carbonyl (C=O) groups is 3. The summed E-state index contributed by atoms with van der Waals surface area (Å²) in [6.45, 7) is 9.50. The zero-order chi connectivity index (χ0) is 29.0. The number of ether oxygens (including phenoxy) is 1. The van der Waals surface area contributed by atoms with Crippen molar-refractivity contribution >= 4 is 34.5 Å². The van der Waals surface area contributed by atoms with Gasteiger partial charge in [0.2, 0.25) is 11.8 Å². The van der Waals surface area contributed by atoms with Gasteiger partial charge in [-0.1, -0.05) is 48.5 Å². The normalized spacial score (nSPS) is 17.9. The lowest BCUT2D eigenvalue weighted by Crippen LogP contribution is -2.52. The van der Waals surface area contributed by atoms with Crippen LogP contribution in [0.1, 0.15) is 50.9 Å². The molecule has 9 heteroatoms. The second kappa shape index (κ2) is 11.9. The predicted molar refractivity (Wildman–Crippen MR) is 155 cm³/mol. The number of anilines is 1. The number of aryl methyl sites for hydroxylation is 1. The first-order valence-electron chi connectivity index (χ1n) is 13.7. The molecular weight excluding hydrogens is 506 g/mol. The number of carbonyl (C=O) groups excluding carboxylic acids is 3. The van der Waals surface area contributed by atoms with Crippen molar-refractivity contribution in [2.24, 2.45) is 5.92 Å². The molecule has 212 valence electrons. The maximum atomic E-state index is 13.4. The fourth-order valence-corrected chi connectivity index (χ4v) is 5.05. The molecule has 2 unspecified atom stereocenters. The number of nitrogens with zero attached hydrogens (tertiary/aromatic N) is 2. The van der Waals surface area contributed by atoms with Crippen LogP contribution in [0.5, 0.6) is 0 Å². The molecule has 0 radical (unpaired) electrons. The first-order valence-corrected chi connectivity index (χ1v) is 13.7. The van der Waals surface area contributed by atoms with Gasteiger partial charge in [0.25, 0.3) is 0 Å². The van der Waals surface area contributed by atoms with Crippen LogP contribution in [-0.4, -0.2) is 52.0 Å². The Bertz CT molecular complexity index is 1400. The summed E-state index contributed by atoms with van der Waals surface area (Å²) in [6, 6.07) is 16.5. The van der Waals surface area contributed by atoms with Crippen molar-refractivity contribution in [2.75, 3.05) is 12.3 Å². The van der Waals surface area contributed by atoms with Gasteiger partial charge in [-0.3, -0.25) is 14.5 Å². The van der Waals surface area contributed by atoms with Crippen LogP contribution in [0.4, 0.5) is 10.6 Å². The molecule has 3 atom stereocenters. The lowest BCUT2D eigenvalue weighted by Gasteiger charge is -2.28. The second-order valence-electron chi connectivity index (χ2n) is 11.6. The summed E-state index contributed by atoms with van der Waals surface area (Å²) >= 11 is 0. The van der Waals surface area contributed by atoms with E-state index in [1.54, 1.807) is 33.8 Å². The molecule has 1 saturated heterocycles. The van der Waals surface area contributed by atoms with Crippen LogP contribution < -0.4 is 16.4 Å². The molecule has 2 aromatic carbocycles. The predicted octanol–water partition coefficient (Wildman–Crippen LogP) is 4.11. The fraction of sp³-hybridized carbons (Fsp3) is 0.419. The van der Waals surface area contributed by atoms with E-state index >= 15 is 0 Å². The van der Waals surface area contributed by atoms with Gasteiger partial charge in [-0.2, -0.15) is 0 Å². The Morgan fingerprint density at radius 1 is 1.10 bits per heavy atom. The van der Waals surface area contributed by atoms with Gasteiger partial charge in [-0.05, 0) is 81.3 Å². The van der Waals surface area contributed by atoms with Gasteiger partial charge in [0.05, 0.1) is 0 Å². The highest BCUT2D eigenvalue weighted by molar-refractivity contribution is 5.91. The van der Waals surface area contributed by atoms with E-state index in [0.717, 1.165) is 28.6 Å². The first-order chi connectivity index (χ1) is 18.9. The Kier molecular flexibility index (Phi) is 8.61. The minimum absolute atomic E-state index is 0.0644. The number of nitrogen functional groups attached to an aromatic ring is 1. The molecule has 1 aromatic heterocycles. The Hall–Kier alpha value is -4.14. The molecule has 0 spiro atoms. The van der Waals surface area contributed by atoms with Crippen LogP contribution in [0.15, 0.2) is 54.6 Å². The number of hydrogen-bond donors (Lipinski definition) is 3. The zero-order valence-corrected chi connectivity index (χ0v) is 23.9. The molecule has 1 aliphatic rings. The molecule has 1 fully saturated rings. The minimum atomic E-state index is -0.797. The van der Waals surface area contributed by atoms with Gasteiger partial charge in [0, 0.05) is 18.8 Å². The number of nitrogens with two attached hydrogens (primary N) is 1. The number of likely N-dealkylation sites (tertiary alicyclic amines) is 1. The Balaban J connectivity index is 1.42. The van der Waals surface area contributed by atoms with Gasteiger partial charge in [0.1, 0.15) is 23.5 Å². The Morgan fingerprint density at radius 3 is 2.52 bits per heavy atom. The number of hydrogen-bond acceptors (Lipinski definition) is 6. The third-order valence-corrected chi connectivity index (χ3v) is 7.08. The summed E-state index contributed by atoms with van der Waals surface area (Å²) in [5.74, 6) is -0.230. The Labute approximate surface area is 235 Å². The van der Waals surface area contributed by atoms with Crippen molar-refractivity contribution in [1.82, 2.24) is 20.5 Å². The molecule has 40 heavy (non-hydrogen) atoms. The van der Waals surface area contributed by atoms with E-state index in [9.17, 15) is 14.4 Å². The number of pyridine rings is 1. The van der Waals surface area contributed by atoms with Gasteiger partial charge in [0.15, 0.2) is 0 Å². The SMILES string of the molecule is Cc1nc(N)ccc1CNC(=O)[C@H](C)NC(=O)C1CC(Cc2ccc3ccccc3c2)CN1C(=O)OC(C)(C)C. The number of rotatable bonds is 7. The summed E-state index contributed by atoms with van der Waals surface area (Å²) < 4.78 is 5.63. The molecule has 1 aliphatic heterocycles. The molecule has 4 rings (SSSR count). The summed E-state index contributed by atoms with van der Waals surface area (Å²) in [6.07, 6.45) is 0.665. The Morgan fingerprint density at radius 2 is 1.82 bits per heavy atom. The lowest BCUT2D eigenvalue weighted by atomic mass is 9.95. The highest BCUT2D eigenvalue weighted by atomic mass is 16.6. The number of amides is 3. The van der Waals surface area contributed by atoms with E-state index in [4.69, 9.17) is 10.5 Å². The van der Waals surface area contributed by atoms with Crippen LogP contribution in [0.25, 0.3) is 10.8 Å². The van der Waals surface area contributed by atoms with E-state index in [1.165, 1.54) is 10.3 Å². The topological polar surface area (TPSA) is 127 Å². The molecule has 2 heterocycles. The molecule has 0 bridgehead atoms. The second-order valence-corrected chi connectivity index (χ2v) is 11.6. The van der Waals surface area contributed by atoms with E-state index in [0.29, 0.717) is 18.8 Å². The van der Waals surface area contributed by atoms with Crippen LogP contribution in [-0.2, 0) is 27.3 Å². The maximum absolute atomic E-state index is 13.4. The van der Waals surface area contributed by atoms with E-state index in [2.05, 4.69) is 45.9 Å². The standard InChI is InChI=1S/C31H39N5O4/c1-19-25(12-13-27(32)34-19)17-33-28(37)20(2)35-29(38)26-16-22(18-36(26)30(39)40-31(3,4)5)14-21-10-11-23-8-6-7-9-24(23)15-21/h6-13,15,20,22,26H,14,16-18H2,1-5H3,(H2,32,34)(H,33,37)(H,35,38)/t20-,22?,26?/m0/s1. The van der Waals surface area contributed by atoms with E-state index in [-0.39, 0.29) is 24.3 Å². The molecule has 9 nitrogen and oxygen atoms in total. The van der Waals surface area contributed by atoms with Crippen molar-refractivity contribution in [2.45, 2.75) is 71.7 Å². The fourth-order valence-electron chi connectivity index (χ4n) is 5.05. The van der Waals surface area contributed by atoms with Gasteiger partial charge in [-0.25, -0.2) is 9.78 Å². The average molecular weight is 546 g/mol. The highest BCUT2D eigenvalue weighted by Gasteiger charge is 2.42. The van der Waals surface area contributed by atoms with Crippen molar-refractivity contribution in [3.63, 3.8) is 0 Å². The van der Waals surface area contributed by atoms with E-state index in [1.807, 2.05) is 25.1 Å². The number of nitrogens with one attached hydrogen (secondary N) is 2. The third kappa shape index (κ3) is 7.28. The maximum Gasteiger partial charge on any atom is 0.410 e. The van der Waals surface area contributed by atoms with Crippen molar-refractivity contribution in [3.05, 3.63) is 71.4 Å². The largest absolute Gasteiger partial charge is 0.444 e. The van der Waals surface area contributed by atoms with Crippen molar-refractivity contribution < 1.29 is 19.1 Å². The van der Waals surface area contributed by atoms with Gasteiger partial charge < -0.3 is 21.1 Å². The van der Waals surface area contributed by atoms with Crippen LogP contribution in [0.3, 0.4) is 0 Å². The van der Waals surface area contributed by atoms with Gasteiger partial charge in [-0.15, -0.1) is 0 Å². The van der Waals surface area contributed by atoms with Crippen LogP contribution in [0.2, 0.25) is 0 Å². The lowest BCUT2D eigenvalue weighted by molar-refractivity contribution is -0.131.